The zero-order valence-electron chi connectivity index (χ0n) is 10.7. The molecule has 0 radical (unpaired) electrons. The average molecular weight is 264 g/mol. The van der Waals surface area contributed by atoms with Gasteiger partial charge in [0, 0.05) is 0 Å². The number of hydrogen-bond donors (Lipinski definition) is 0. The van der Waals surface area contributed by atoms with Gasteiger partial charge in [-0.25, -0.2) is 8.42 Å². The second kappa shape index (κ2) is 7.54. The van der Waals surface area contributed by atoms with Gasteiger partial charge in [-0.05, 0) is 30.0 Å². The van der Waals surface area contributed by atoms with Crippen LogP contribution in [0.1, 0.15) is 37.8 Å². The third-order valence-electron chi connectivity index (χ3n) is 2.52. The number of benzene rings is 1. The van der Waals surface area contributed by atoms with Crippen LogP contribution in [0.4, 0.5) is 0 Å². The summed E-state index contributed by atoms with van der Waals surface area (Å²) in [6, 6.07) is 4.96. The molecule has 90 valence electrons. The molecule has 1 aromatic rings. The molecule has 0 aliphatic heterocycles. The van der Waals surface area contributed by atoms with Gasteiger partial charge in [-0.1, -0.05) is 38.8 Å². The molecule has 0 saturated carbocycles. The smallest absolute Gasteiger partial charge is 0.744 e. The molecule has 0 heterocycles. The predicted octanol–water partition coefficient (Wildman–Crippen LogP) is -0.500. The Bertz CT molecular complexity index is 455. The molecule has 5 heteroatoms. The summed E-state index contributed by atoms with van der Waals surface area (Å²) < 4.78 is 33.4. The van der Waals surface area contributed by atoms with Gasteiger partial charge >= 0.3 is 29.6 Å². The first-order chi connectivity index (χ1) is 7.50. The molecule has 0 unspecified atom stereocenters. The molecule has 0 aliphatic carbocycles. The van der Waals surface area contributed by atoms with Gasteiger partial charge in [0.15, 0.2) is 0 Å². The Hall–Kier alpha value is 0.130. The van der Waals surface area contributed by atoms with Crippen molar-refractivity contribution in [3.8, 4) is 0 Å². The molecule has 0 amide bonds. The summed E-state index contributed by atoms with van der Waals surface area (Å²) in [5.41, 5.74) is 1.70. The molecule has 3 nitrogen and oxygen atoms in total. The maximum absolute atomic E-state index is 11.1. The van der Waals surface area contributed by atoms with Crippen LogP contribution in [0.3, 0.4) is 0 Å². The van der Waals surface area contributed by atoms with Crippen molar-refractivity contribution >= 4 is 10.1 Å². The van der Waals surface area contributed by atoms with Crippen LogP contribution in [-0.2, 0) is 23.0 Å². The molecule has 17 heavy (non-hydrogen) atoms. The summed E-state index contributed by atoms with van der Waals surface area (Å²) in [5, 5.41) is 0. The Balaban J connectivity index is 0.00000256. The Kier molecular flexibility index (Phi) is 7.60. The van der Waals surface area contributed by atoms with E-state index >= 15 is 0 Å². The predicted molar refractivity (Wildman–Crippen MR) is 62.4 cm³/mol. The standard InChI is InChI=1S/C12H18O3S.Na/c1-3-6-10-8-5-9-12(16(13,14)15)11(10)7-4-2;/h5,8-9H,3-4,6-7H2,1-2H3,(H,13,14,15);/q;+1/p-1. The van der Waals surface area contributed by atoms with Gasteiger partial charge in [-0.15, -0.1) is 0 Å². The minimum Gasteiger partial charge on any atom is -0.744 e. The molecule has 0 fully saturated rings. The fraction of sp³-hybridized carbons (Fsp3) is 0.500. The van der Waals surface area contributed by atoms with E-state index in [1.807, 2.05) is 19.9 Å². The minimum atomic E-state index is -4.35. The van der Waals surface area contributed by atoms with E-state index in [2.05, 4.69) is 0 Å². The van der Waals surface area contributed by atoms with Gasteiger partial charge in [-0.3, -0.25) is 0 Å². The molecule has 0 aromatic heterocycles. The van der Waals surface area contributed by atoms with E-state index in [9.17, 15) is 13.0 Å². The molecule has 1 rings (SSSR count). The second-order valence-corrected chi connectivity index (χ2v) is 5.20. The van der Waals surface area contributed by atoms with E-state index < -0.39 is 10.1 Å². The van der Waals surface area contributed by atoms with Gasteiger partial charge in [0.25, 0.3) is 0 Å². The third kappa shape index (κ3) is 4.72. The maximum atomic E-state index is 11.1. The molecule has 0 atom stereocenters. The normalized spacial score (nSPS) is 11.0. The van der Waals surface area contributed by atoms with Crippen LogP contribution >= 0.6 is 0 Å². The third-order valence-corrected chi connectivity index (χ3v) is 3.44. The topological polar surface area (TPSA) is 57.2 Å². The van der Waals surface area contributed by atoms with Crippen molar-refractivity contribution in [2.75, 3.05) is 0 Å². The number of aryl methyl sites for hydroxylation is 1. The monoisotopic (exact) mass is 264 g/mol. The van der Waals surface area contributed by atoms with Crippen molar-refractivity contribution in [3.63, 3.8) is 0 Å². The fourth-order valence-corrected chi connectivity index (χ4v) is 2.66. The van der Waals surface area contributed by atoms with Gasteiger partial charge in [0.1, 0.15) is 10.1 Å². The van der Waals surface area contributed by atoms with Crippen molar-refractivity contribution in [3.05, 3.63) is 29.3 Å². The van der Waals surface area contributed by atoms with Crippen LogP contribution in [-0.4, -0.2) is 13.0 Å². The van der Waals surface area contributed by atoms with E-state index in [0.717, 1.165) is 24.8 Å². The zero-order valence-corrected chi connectivity index (χ0v) is 13.5. The number of hydrogen-bond acceptors (Lipinski definition) is 3. The van der Waals surface area contributed by atoms with Crippen LogP contribution in [0.5, 0.6) is 0 Å². The van der Waals surface area contributed by atoms with E-state index in [1.54, 1.807) is 6.07 Å². The summed E-state index contributed by atoms with van der Waals surface area (Å²) >= 11 is 0. The maximum Gasteiger partial charge on any atom is 1.00 e. The Morgan fingerprint density at radius 3 is 2.18 bits per heavy atom. The van der Waals surface area contributed by atoms with Crippen LogP contribution in [0.2, 0.25) is 0 Å². The molecular formula is C12H17NaO3S. The quantitative estimate of drug-likeness (QED) is 0.532. The van der Waals surface area contributed by atoms with E-state index in [4.69, 9.17) is 0 Å². The molecule has 0 N–H and O–H groups in total. The second-order valence-electron chi connectivity index (χ2n) is 3.85. The average Bonchev–Trinajstić information content (AvgIpc) is 2.19. The summed E-state index contributed by atoms with van der Waals surface area (Å²) in [6.45, 7) is 4.01. The molecule has 0 aliphatic rings. The van der Waals surface area contributed by atoms with E-state index in [-0.39, 0.29) is 34.5 Å². The van der Waals surface area contributed by atoms with Gasteiger partial charge < -0.3 is 4.55 Å². The van der Waals surface area contributed by atoms with Gasteiger partial charge in [0.2, 0.25) is 0 Å². The molecule has 1 aromatic carbocycles. The first kappa shape index (κ1) is 17.1. The SMILES string of the molecule is CCCc1cccc(S(=O)(=O)[O-])c1CCC.[Na+]. The first-order valence-electron chi connectivity index (χ1n) is 5.57. The Labute approximate surface area is 126 Å². The van der Waals surface area contributed by atoms with Crippen LogP contribution in [0.25, 0.3) is 0 Å². The molecular weight excluding hydrogens is 247 g/mol. The van der Waals surface area contributed by atoms with E-state index in [1.165, 1.54) is 6.07 Å². The first-order valence-corrected chi connectivity index (χ1v) is 6.98. The zero-order chi connectivity index (χ0) is 12.2. The van der Waals surface area contributed by atoms with Crippen molar-refractivity contribution in [1.29, 1.82) is 0 Å². The number of rotatable bonds is 5. The molecule has 0 bridgehead atoms. The van der Waals surface area contributed by atoms with Gasteiger partial charge in [0.05, 0.1) is 4.90 Å². The minimum absolute atomic E-state index is 0. The van der Waals surface area contributed by atoms with Crippen LogP contribution in [0.15, 0.2) is 23.1 Å². The summed E-state index contributed by atoms with van der Waals surface area (Å²) in [7, 11) is -4.35. The summed E-state index contributed by atoms with van der Waals surface area (Å²) in [5.74, 6) is 0. The molecule has 0 saturated heterocycles. The summed E-state index contributed by atoms with van der Waals surface area (Å²) in [6.07, 6.45) is 3.24. The van der Waals surface area contributed by atoms with E-state index in [0.29, 0.717) is 12.0 Å². The Morgan fingerprint density at radius 1 is 1.12 bits per heavy atom. The van der Waals surface area contributed by atoms with Gasteiger partial charge in [-0.2, -0.15) is 0 Å². The van der Waals surface area contributed by atoms with Crippen LogP contribution in [0, 0.1) is 0 Å². The van der Waals surface area contributed by atoms with Crippen LogP contribution < -0.4 is 29.6 Å². The van der Waals surface area contributed by atoms with Crippen molar-refractivity contribution < 1.29 is 42.5 Å². The van der Waals surface area contributed by atoms with Crippen molar-refractivity contribution in [2.45, 2.75) is 44.4 Å². The summed E-state index contributed by atoms with van der Waals surface area (Å²) in [4.78, 5) is -0.0414. The Morgan fingerprint density at radius 2 is 1.71 bits per heavy atom. The fourth-order valence-electron chi connectivity index (χ4n) is 1.88. The van der Waals surface area contributed by atoms with Crippen molar-refractivity contribution in [1.82, 2.24) is 0 Å². The van der Waals surface area contributed by atoms with Crippen molar-refractivity contribution in [2.24, 2.45) is 0 Å². The molecule has 0 spiro atoms. The largest absolute Gasteiger partial charge is 1.00 e.